The summed E-state index contributed by atoms with van der Waals surface area (Å²) in [7, 11) is 0. The number of carbonyl (C=O) groups excluding carboxylic acids is 1. The first-order chi connectivity index (χ1) is 8.40. The zero-order valence-corrected chi connectivity index (χ0v) is 11.2. The maximum atomic E-state index is 12.2. The molecule has 0 radical (unpaired) electrons. The fourth-order valence-corrected chi connectivity index (χ4v) is 2.32. The fourth-order valence-electron chi connectivity index (χ4n) is 2.32. The number of carboxylic acid groups (broad SMARTS) is 1. The van der Waals surface area contributed by atoms with Crippen molar-refractivity contribution in [2.75, 3.05) is 0 Å². The number of carboxylic acids is 1. The number of rotatable bonds is 4. The van der Waals surface area contributed by atoms with Gasteiger partial charge in [-0.25, -0.2) is 4.79 Å². The van der Waals surface area contributed by atoms with E-state index >= 15 is 0 Å². The molecule has 0 aromatic carbocycles. The molecule has 104 valence electrons. The Balaban J connectivity index is 2.71. The summed E-state index contributed by atoms with van der Waals surface area (Å²) >= 11 is 0. The van der Waals surface area contributed by atoms with E-state index in [9.17, 15) is 9.59 Å². The third-order valence-corrected chi connectivity index (χ3v) is 3.98. The Bertz CT molecular complexity index is 319. The molecule has 0 aliphatic heterocycles. The lowest BCUT2D eigenvalue weighted by molar-refractivity contribution is -0.147. The van der Waals surface area contributed by atoms with Crippen LogP contribution in [0.4, 0.5) is 0 Å². The van der Waals surface area contributed by atoms with Crippen molar-refractivity contribution in [2.45, 2.75) is 64.0 Å². The van der Waals surface area contributed by atoms with E-state index in [1.165, 1.54) is 6.92 Å². The molecule has 5 nitrogen and oxygen atoms in total. The molecule has 1 saturated carbocycles. The summed E-state index contributed by atoms with van der Waals surface area (Å²) in [6, 6.07) is -0.151. The fraction of sp³-hybridized carbons (Fsp3) is 0.846. The van der Waals surface area contributed by atoms with Crippen LogP contribution in [0, 0.1) is 5.92 Å². The van der Waals surface area contributed by atoms with Crippen LogP contribution in [0.2, 0.25) is 0 Å². The van der Waals surface area contributed by atoms with Gasteiger partial charge in [-0.1, -0.05) is 26.2 Å². The lowest BCUT2D eigenvalue weighted by atomic mass is 9.91. The quantitative estimate of drug-likeness (QED) is 0.660. The van der Waals surface area contributed by atoms with Crippen LogP contribution >= 0.6 is 0 Å². The molecule has 5 heteroatoms. The second-order valence-corrected chi connectivity index (χ2v) is 5.39. The van der Waals surface area contributed by atoms with Crippen LogP contribution < -0.4 is 11.1 Å². The summed E-state index contributed by atoms with van der Waals surface area (Å²) in [5.74, 6) is -1.46. The molecule has 3 atom stereocenters. The summed E-state index contributed by atoms with van der Waals surface area (Å²) in [5, 5.41) is 11.8. The maximum absolute atomic E-state index is 12.2. The molecule has 1 amide bonds. The normalized spacial score (nSPS) is 27.9. The minimum Gasteiger partial charge on any atom is -0.480 e. The first-order valence-corrected chi connectivity index (χ1v) is 6.71. The highest BCUT2D eigenvalue weighted by Gasteiger charge is 2.36. The van der Waals surface area contributed by atoms with E-state index in [2.05, 4.69) is 5.32 Å². The summed E-state index contributed by atoms with van der Waals surface area (Å²) in [6.07, 6.45) is 5.09. The minimum atomic E-state index is -1.19. The third-order valence-electron chi connectivity index (χ3n) is 3.98. The lowest BCUT2D eigenvalue weighted by Crippen LogP contribution is -2.55. The average molecular weight is 256 g/mol. The average Bonchev–Trinajstić information content (AvgIpc) is 2.53. The number of hydrogen-bond donors (Lipinski definition) is 3. The van der Waals surface area contributed by atoms with Crippen molar-refractivity contribution in [3.63, 3.8) is 0 Å². The Hall–Kier alpha value is -1.10. The van der Waals surface area contributed by atoms with E-state index in [4.69, 9.17) is 10.8 Å². The first-order valence-electron chi connectivity index (χ1n) is 6.71. The van der Waals surface area contributed by atoms with Crippen LogP contribution in [0.1, 0.15) is 52.4 Å². The highest BCUT2D eigenvalue weighted by atomic mass is 16.4. The summed E-state index contributed by atoms with van der Waals surface area (Å²) in [4.78, 5) is 23.4. The van der Waals surface area contributed by atoms with Gasteiger partial charge in [-0.2, -0.15) is 0 Å². The second kappa shape index (κ2) is 6.18. The minimum absolute atomic E-state index is 0.151. The zero-order chi connectivity index (χ0) is 13.8. The smallest absolute Gasteiger partial charge is 0.329 e. The molecule has 1 rings (SSSR count). The summed E-state index contributed by atoms with van der Waals surface area (Å²) in [6.45, 7) is 3.29. The third kappa shape index (κ3) is 3.45. The van der Waals surface area contributed by atoms with Gasteiger partial charge in [0, 0.05) is 6.04 Å². The van der Waals surface area contributed by atoms with Crippen LogP contribution in [-0.2, 0) is 9.59 Å². The van der Waals surface area contributed by atoms with Gasteiger partial charge in [-0.05, 0) is 26.2 Å². The van der Waals surface area contributed by atoms with E-state index in [1.54, 1.807) is 6.92 Å². The molecular formula is C13H24N2O3. The van der Waals surface area contributed by atoms with Crippen LogP contribution in [-0.4, -0.2) is 28.6 Å². The molecule has 18 heavy (non-hydrogen) atoms. The number of amides is 1. The Morgan fingerprint density at radius 2 is 1.94 bits per heavy atom. The van der Waals surface area contributed by atoms with Gasteiger partial charge in [0.15, 0.2) is 0 Å². The molecular weight excluding hydrogens is 232 g/mol. The molecule has 0 spiro atoms. The topological polar surface area (TPSA) is 92.4 Å². The van der Waals surface area contributed by atoms with E-state index in [0.717, 1.165) is 32.1 Å². The number of aliphatic carboxylic acids is 1. The highest BCUT2D eigenvalue weighted by molar-refractivity contribution is 5.88. The van der Waals surface area contributed by atoms with Crippen molar-refractivity contribution in [2.24, 2.45) is 11.7 Å². The standard InChI is InChI=1S/C13H24N2O3/c1-3-13(2,12(17)18)15-11(16)9-7-5-4-6-8-10(9)14/h9-10H,3-8,14H2,1-2H3,(H,15,16)(H,17,18). The maximum Gasteiger partial charge on any atom is 0.329 e. The van der Waals surface area contributed by atoms with Crippen molar-refractivity contribution in [1.29, 1.82) is 0 Å². The van der Waals surface area contributed by atoms with Gasteiger partial charge in [-0.3, -0.25) is 4.79 Å². The molecule has 1 aliphatic carbocycles. The molecule has 0 aromatic heterocycles. The van der Waals surface area contributed by atoms with Crippen molar-refractivity contribution in [1.82, 2.24) is 5.32 Å². The molecule has 3 unspecified atom stereocenters. The van der Waals surface area contributed by atoms with Gasteiger partial charge in [-0.15, -0.1) is 0 Å². The van der Waals surface area contributed by atoms with Crippen molar-refractivity contribution in [3.05, 3.63) is 0 Å². The monoisotopic (exact) mass is 256 g/mol. The lowest BCUT2D eigenvalue weighted by Gasteiger charge is -2.29. The van der Waals surface area contributed by atoms with Gasteiger partial charge in [0.25, 0.3) is 0 Å². The Morgan fingerprint density at radius 1 is 1.33 bits per heavy atom. The summed E-state index contributed by atoms with van der Waals surface area (Å²) in [5.41, 5.74) is 4.82. The number of carbonyl (C=O) groups is 2. The SMILES string of the molecule is CCC(C)(NC(=O)C1CCCCCC1N)C(=O)O. The molecule has 0 saturated heterocycles. The summed E-state index contributed by atoms with van der Waals surface area (Å²) < 4.78 is 0. The van der Waals surface area contributed by atoms with Gasteiger partial charge >= 0.3 is 5.97 Å². The Kier molecular flexibility index (Phi) is 5.14. The zero-order valence-electron chi connectivity index (χ0n) is 11.2. The van der Waals surface area contributed by atoms with Crippen molar-refractivity contribution in [3.8, 4) is 0 Å². The highest BCUT2D eigenvalue weighted by Crippen LogP contribution is 2.23. The van der Waals surface area contributed by atoms with E-state index in [-0.39, 0.29) is 17.9 Å². The van der Waals surface area contributed by atoms with E-state index < -0.39 is 11.5 Å². The number of nitrogens with one attached hydrogen (secondary N) is 1. The van der Waals surface area contributed by atoms with E-state index in [1.807, 2.05) is 0 Å². The van der Waals surface area contributed by atoms with Gasteiger partial charge in [0.1, 0.15) is 5.54 Å². The molecule has 4 N–H and O–H groups in total. The second-order valence-electron chi connectivity index (χ2n) is 5.39. The van der Waals surface area contributed by atoms with Crippen LogP contribution in [0.5, 0.6) is 0 Å². The van der Waals surface area contributed by atoms with Crippen LogP contribution in [0.25, 0.3) is 0 Å². The molecule has 0 bridgehead atoms. The van der Waals surface area contributed by atoms with E-state index in [0.29, 0.717) is 6.42 Å². The van der Waals surface area contributed by atoms with Crippen molar-refractivity contribution < 1.29 is 14.7 Å². The van der Waals surface area contributed by atoms with Gasteiger partial charge in [0.2, 0.25) is 5.91 Å². The number of nitrogens with two attached hydrogens (primary N) is 1. The predicted molar refractivity (Wildman–Crippen MR) is 69.0 cm³/mol. The molecule has 1 aliphatic rings. The molecule has 1 fully saturated rings. The predicted octanol–water partition coefficient (Wildman–Crippen LogP) is 1.26. The molecule has 0 aromatic rings. The van der Waals surface area contributed by atoms with Crippen molar-refractivity contribution >= 4 is 11.9 Å². The van der Waals surface area contributed by atoms with Gasteiger partial charge < -0.3 is 16.2 Å². The molecule has 0 heterocycles. The van der Waals surface area contributed by atoms with Gasteiger partial charge in [0.05, 0.1) is 5.92 Å². The largest absolute Gasteiger partial charge is 0.480 e. The van der Waals surface area contributed by atoms with Crippen LogP contribution in [0.15, 0.2) is 0 Å². The van der Waals surface area contributed by atoms with Crippen LogP contribution in [0.3, 0.4) is 0 Å². The Labute approximate surface area is 108 Å². The number of hydrogen-bond acceptors (Lipinski definition) is 3. The first kappa shape index (κ1) is 15.0. The Morgan fingerprint density at radius 3 is 2.50 bits per heavy atom.